The van der Waals surface area contributed by atoms with Gasteiger partial charge in [0.15, 0.2) is 0 Å². The zero-order valence-electron chi connectivity index (χ0n) is 4.29. The molecule has 0 rings (SSSR count). The average molecular weight is 145 g/mol. The summed E-state index contributed by atoms with van der Waals surface area (Å²) in [6.45, 7) is 1.19. The summed E-state index contributed by atoms with van der Waals surface area (Å²) >= 11 is 4.51. The van der Waals surface area contributed by atoms with E-state index < -0.39 is 11.4 Å². The zero-order valence-corrected chi connectivity index (χ0v) is 5.04. The predicted octanol–water partition coefficient (Wildman–Crippen LogP) is 0.670. The second-order valence-corrected chi connectivity index (χ2v) is 1.93. The minimum absolute atomic E-state index is 1.19. The van der Waals surface area contributed by atoms with Gasteiger partial charge >= 0.3 is 5.38 Å². The second-order valence-electron chi connectivity index (χ2n) is 1.43. The molecule has 0 aliphatic rings. The SMILES string of the molecule is CC(NN)C(F)(F)Cl. The van der Waals surface area contributed by atoms with Crippen LogP contribution in [0.2, 0.25) is 0 Å². The summed E-state index contributed by atoms with van der Waals surface area (Å²) in [5.41, 5.74) is 1.82. The highest BCUT2D eigenvalue weighted by atomic mass is 35.5. The molecule has 2 nitrogen and oxygen atoms in total. The van der Waals surface area contributed by atoms with Crippen molar-refractivity contribution in [2.75, 3.05) is 0 Å². The van der Waals surface area contributed by atoms with Gasteiger partial charge < -0.3 is 0 Å². The standard InChI is InChI=1S/C3H7ClF2N2/c1-2(8-7)3(4,5)6/h2,8H,7H2,1H3. The van der Waals surface area contributed by atoms with Gasteiger partial charge in [0.2, 0.25) is 0 Å². The quantitative estimate of drug-likeness (QED) is 0.340. The Morgan fingerprint density at radius 3 is 2.12 bits per heavy atom. The van der Waals surface area contributed by atoms with Crippen molar-refractivity contribution in [1.82, 2.24) is 5.43 Å². The van der Waals surface area contributed by atoms with Gasteiger partial charge in [0.25, 0.3) is 0 Å². The van der Waals surface area contributed by atoms with Crippen LogP contribution in [0.1, 0.15) is 6.92 Å². The van der Waals surface area contributed by atoms with Gasteiger partial charge in [-0.3, -0.25) is 11.3 Å². The smallest absolute Gasteiger partial charge is 0.271 e. The third kappa shape index (κ3) is 2.40. The van der Waals surface area contributed by atoms with Crippen LogP contribution in [0.4, 0.5) is 8.78 Å². The van der Waals surface area contributed by atoms with E-state index in [2.05, 4.69) is 17.4 Å². The molecule has 0 fully saturated rings. The lowest BCUT2D eigenvalue weighted by Crippen LogP contribution is -2.42. The summed E-state index contributed by atoms with van der Waals surface area (Å²) < 4.78 is 23.5. The molecule has 0 bridgehead atoms. The van der Waals surface area contributed by atoms with Crippen LogP contribution in [0.3, 0.4) is 0 Å². The lowest BCUT2D eigenvalue weighted by Gasteiger charge is -2.14. The number of nitrogens with two attached hydrogens (primary N) is 1. The summed E-state index contributed by atoms with van der Waals surface area (Å²) in [4.78, 5) is 0. The van der Waals surface area contributed by atoms with Crippen LogP contribution in [-0.4, -0.2) is 11.4 Å². The summed E-state index contributed by atoms with van der Waals surface area (Å²) in [6.07, 6.45) is 0. The van der Waals surface area contributed by atoms with E-state index in [1.807, 2.05) is 5.43 Å². The van der Waals surface area contributed by atoms with Crippen molar-refractivity contribution in [3.05, 3.63) is 0 Å². The van der Waals surface area contributed by atoms with Crippen molar-refractivity contribution in [1.29, 1.82) is 0 Å². The maximum Gasteiger partial charge on any atom is 0.337 e. The number of nitrogens with one attached hydrogen (secondary N) is 1. The first-order chi connectivity index (χ1) is 3.48. The van der Waals surface area contributed by atoms with Crippen molar-refractivity contribution in [2.45, 2.75) is 18.3 Å². The topological polar surface area (TPSA) is 38.0 Å². The first-order valence-corrected chi connectivity index (χ1v) is 2.39. The molecule has 1 atom stereocenters. The Bertz CT molecular complexity index is 72.2. The molecule has 0 aromatic rings. The van der Waals surface area contributed by atoms with E-state index >= 15 is 0 Å². The molecular formula is C3H7ClF2N2. The highest BCUT2D eigenvalue weighted by Crippen LogP contribution is 2.22. The van der Waals surface area contributed by atoms with Crippen LogP contribution in [0.5, 0.6) is 0 Å². The Balaban J connectivity index is 3.62. The van der Waals surface area contributed by atoms with Crippen molar-refractivity contribution in [2.24, 2.45) is 5.84 Å². The minimum atomic E-state index is -3.26. The van der Waals surface area contributed by atoms with Crippen LogP contribution in [0.25, 0.3) is 0 Å². The van der Waals surface area contributed by atoms with Crippen LogP contribution < -0.4 is 11.3 Å². The normalized spacial score (nSPS) is 16.1. The zero-order chi connectivity index (χ0) is 6.78. The molecule has 50 valence electrons. The largest absolute Gasteiger partial charge is 0.337 e. The van der Waals surface area contributed by atoms with Gasteiger partial charge in [-0.2, -0.15) is 8.78 Å². The van der Waals surface area contributed by atoms with Crippen LogP contribution in [0, 0.1) is 0 Å². The summed E-state index contributed by atoms with van der Waals surface area (Å²) in [7, 11) is 0. The first-order valence-electron chi connectivity index (χ1n) is 2.01. The summed E-state index contributed by atoms with van der Waals surface area (Å²) in [6, 6.07) is -1.19. The molecule has 0 heterocycles. The van der Waals surface area contributed by atoms with E-state index in [9.17, 15) is 8.78 Å². The van der Waals surface area contributed by atoms with Gasteiger partial charge in [-0.1, -0.05) is 0 Å². The van der Waals surface area contributed by atoms with Gasteiger partial charge in [0.1, 0.15) is 0 Å². The van der Waals surface area contributed by atoms with Crippen molar-refractivity contribution < 1.29 is 8.78 Å². The summed E-state index contributed by atoms with van der Waals surface area (Å²) in [5.74, 6) is 4.64. The lowest BCUT2D eigenvalue weighted by molar-refractivity contribution is 0.0575. The number of rotatable bonds is 2. The van der Waals surface area contributed by atoms with E-state index in [1.165, 1.54) is 6.92 Å². The van der Waals surface area contributed by atoms with Crippen molar-refractivity contribution in [3.63, 3.8) is 0 Å². The number of hydrogen-bond acceptors (Lipinski definition) is 2. The maximum absolute atomic E-state index is 11.7. The van der Waals surface area contributed by atoms with Crippen LogP contribution >= 0.6 is 11.6 Å². The van der Waals surface area contributed by atoms with Gasteiger partial charge in [-0.05, 0) is 18.5 Å². The van der Waals surface area contributed by atoms with E-state index in [4.69, 9.17) is 0 Å². The molecule has 8 heavy (non-hydrogen) atoms. The van der Waals surface area contributed by atoms with Crippen LogP contribution in [-0.2, 0) is 0 Å². The minimum Gasteiger partial charge on any atom is -0.271 e. The molecule has 0 spiro atoms. The molecule has 0 aliphatic carbocycles. The fourth-order valence-electron chi connectivity index (χ4n) is 0.0945. The lowest BCUT2D eigenvalue weighted by atomic mass is 10.4. The molecule has 0 aromatic heterocycles. The number of hydrazine groups is 1. The first kappa shape index (κ1) is 8.07. The van der Waals surface area contributed by atoms with E-state index in [1.54, 1.807) is 0 Å². The molecule has 0 aromatic carbocycles. The Morgan fingerprint density at radius 2 is 2.12 bits per heavy atom. The number of alkyl halides is 3. The van der Waals surface area contributed by atoms with Crippen LogP contribution in [0.15, 0.2) is 0 Å². The molecule has 0 amide bonds. The van der Waals surface area contributed by atoms with Gasteiger partial charge in [0.05, 0.1) is 6.04 Å². The Kier molecular flexibility index (Phi) is 2.59. The Labute approximate surface area is 51.0 Å². The van der Waals surface area contributed by atoms with E-state index in [0.29, 0.717) is 0 Å². The fraction of sp³-hybridized carbons (Fsp3) is 1.00. The monoisotopic (exact) mass is 144 g/mol. The molecule has 1 unspecified atom stereocenters. The molecule has 5 heteroatoms. The molecule has 0 saturated carbocycles. The molecule has 0 aliphatic heterocycles. The van der Waals surface area contributed by atoms with E-state index in [0.717, 1.165) is 0 Å². The van der Waals surface area contributed by atoms with Crippen molar-refractivity contribution in [3.8, 4) is 0 Å². The van der Waals surface area contributed by atoms with Gasteiger partial charge in [-0.25, -0.2) is 0 Å². The van der Waals surface area contributed by atoms with Crippen molar-refractivity contribution >= 4 is 11.6 Å². The highest BCUT2D eigenvalue weighted by molar-refractivity contribution is 6.22. The maximum atomic E-state index is 11.7. The molecular weight excluding hydrogens is 137 g/mol. The fourth-order valence-corrected chi connectivity index (χ4v) is 0.157. The Hall–Kier alpha value is 0.0700. The average Bonchev–Trinajstić information content (AvgIpc) is 1.62. The summed E-state index contributed by atoms with van der Waals surface area (Å²) in [5, 5.41) is -3.26. The third-order valence-corrected chi connectivity index (χ3v) is 1.07. The molecule has 0 saturated heterocycles. The highest BCUT2D eigenvalue weighted by Gasteiger charge is 2.32. The molecule has 0 radical (unpaired) electrons. The third-order valence-electron chi connectivity index (χ3n) is 0.741. The predicted molar refractivity (Wildman–Crippen MR) is 27.6 cm³/mol. The van der Waals surface area contributed by atoms with Gasteiger partial charge in [0, 0.05) is 0 Å². The Morgan fingerprint density at radius 1 is 1.75 bits per heavy atom. The van der Waals surface area contributed by atoms with E-state index in [-0.39, 0.29) is 0 Å². The number of hydrogen-bond donors (Lipinski definition) is 2. The molecule has 3 N–H and O–H groups in total. The number of halogens is 3. The second kappa shape index (κ2) is 2.57. The van der Waals surface area contributed by atoms with Gasteiger partial charge in [-0.15, -0.1) is 0 Å².